The molecule has 116 valence electrons. The fourth-order valence-corrected chi connectivity index (χ4v) is 3.93. The van der Waals surface area contributed by atoms with Gasteiger partial charge >= 0.3 is 0 Å². The third kappa shape index (κ3) is 2.71. The van der Waals surface area contributed by atoms with Crippen molar-refractivity contribution in [3.63, 3.8) is 0 Å². The van der Waals surface area contributed by atoms with Gasteiger partial charge in [0, 0.05) is 41.5 Å². The van der Waals surface area contributed by atoms with Crippen LogP contribution < -0.4 is 5.32 Å². The minimum atomic E-state index is -0.136. The molecule has 4 rings (SSSR count). The van der Waals surface area contributed by atoms with Gasteiger partial charge in [0.1, 0.15) is 0 Å². The van der Waals surface area contributed by atoms with Crippen molar-refractivity contribution < 1.29 is 4.79 Å². The first-order chi connectivity index (χ1) is 11.2. The third-order valence-electron chi connectivity index (χ3n) is 4.03. The molecule has 1 N–H and O–H groups in total. The number of likely N-dealkylation sites (N-methyl/N-ethyl adjacent to an activating group) is 1. The number of aromatic nitrogens is 2. The second-order valence-electron chi connectivity index (χ2n) is 5.71. The maximum absolute atomic E-state index is 12.6. The standard InChI is InChI=1S/C17H16N4OS/c1-21-9-7-14-15(10-21)23-17(19-14)20-16(22)12-4-2-6-13-11(12)5-3-8-18-13/h2-6,8H,7,9-10H2,1H3,(H,19,20,22). The Morgan fingerprint density at radius 2 is 2.22 bits per heavy atom. The van der Waals surface area contributed by atoms with Gasteiger partial charge in [0.2, 0.25) is 0 Å². The smallest absolute Gasteiger partial charge is 0.258 e. The van der Waals surface area contributed by atoms with E-state index in [-0.39, 0.29) is 5.91 Å². The molecule has 1 aliphatic rings. The number of carbonyl (C=O) groups is 1. The van der Waals surface area contributed by atoms with Crippen molar-refractivity contribution in [1.82, 2.24) is 14.9 Å². The molecule has 0 radical (unpaired) electrons. The molecule has 1 amide bonds. The Hall–Kier alpha value is -2.31. The van der Waals surface area contributed by atoms with E-state index in [2.05, 4.69) is 27.2 Å². The SMILES string of the molecule is CN1CCc2nc(NC(=O)c3cccc4ncccc34)sc2C1. The predicted octanol–water partition coefficient (Wildman–Crippen LogP) is 2.93. The van der Waals surface area contributed by atoms with Crippen LogP contribution in [0.2, 0.25) is 0 Å². The Morgan fingerprint density at radius 1 is 1.30 bits per heavy atom. The Kier molecular flexibility index (Phi) is 3.55. The number of hydrogen-bond acceptors (Lipinski definition) is 5. The van der Waals surface area contributed by atoms with Crippen LogP contribution in [0.3, 0.4) is 0 Å². The number of amides is 1. The van der Waals surface area contributed by atoms with Crippen molar-refractivity contribution in [2.75, 3.05) is 18.9 Å². The van der Waals surface area contributed by atoms with E-state index in [1.165, 1.54) is 4.88 Å². The lowest BCUT2D eigenvalue weighted by atomic mass is 10.1. The largest absolute Gasteiger partial charge is 0.301 e. The number of hydrogen-bond donors (Lipinski definition) is 1. The van der Waals surface area contributed by atoms with E-state index in [0.29, 0.717) is 10.7 Å². The Labute approximate surface area is 138 Å². The number of rotatable bonds is 2. The number of thiazole rings is 1. The molecule has 3 aromatic rings. The van der Waals surface area contributed by atoms with Crippen molar-refractivity contribution in [3.05, 3.63) is 52.7 Å². The van der Waals surface area contributed by atoms with Crippen LogP contribution in [-0.4, -0.2) is 34.4 Å². The fourth-order valence-electron chi connectivity index (χ4n) is 2.84. The summed E-state index contributed by atoms with van der Waals surface area (Å²) in [7, 11) is 2.10. The van der Waals surface area contributed by atoms with Crippen LogP contribution >= 0.6 is 11.3 Å². The van der Waals surface area contributed by atoms with Gasteiger partial charge in [-0.15, -0.1) is 11.3 Å². The average molecular weight is 324 g/mol. The molecular formula is C17H16N4OS. The lowest BCUT2D eigenvalue weighted by Crippen LogP contribution is -2.25. The van der Waals surface area contributed by atoms with Gasteiger partial charge in [0.25, 0.3) is 5.91 Å². The number of fused-ring (bicyclic) bond motifs is 2. The zero-order chi connectivity index (χ0) is 15.8. The highest BCUT2D eigenvalue weighted by Crippen LogP contribution is 2.28. The molecule has 0 bridgehead atoms. The quantitative estimate of drug-likeness (QED) is 0.787. The van der Waals surface area contributed by atoms with Gasteiger partial charge < -0.3 is 4.90 Å². The van der Waals surface area contributed by atoms with E-state index in [4.69, 9.17) is 0 Å². The molecule has 1 aliphatic heterocycles. The normalized spacial score (nSPS) is 14.7. The lowest BCUT2D eigenvalue weighted by Gasteiger charge is -2.20. The van der Waals surface area contributed by atoms with Crippen LogP contribution in [0.5, 0.6) is 0 Å². The van der Waals surface area contributed by atoms with Crippen LogP contribution in [-0.2, 0) is 13.0 Å². The number of anilines is 1. The van der Waals surface area contributed by atoms with Crippen molar-refractivity contribution in [2.24, 2.45) is 0 Å². The van der Waals surface area contributed by atoms with Crippen molar-refractivity contribution in [1.29, 1.82) is 0 Å². The van der Waals surface area contributed by atoms with Crippen LogP contribution in [0, 0.1) is 0 Å². The third-order valence-corrected chi connectivity index (χ3v) is 5.03. The van der Waals surface area contributed by atoms with Crippen LogP contribution in [0.4, 0.5) is 5.13 Å². The highest BCUT2D eigenvalue weighted by molar-refractivity contribution is 7.15. The molecule has 0 fully saturated rings. The van der Waals surface area contributed by atoms with Crippen molar-refractivity contribution >= 4 is 33.3 Å². The highest BCUT2D eigenvalue weighted by atomic mass is 32.1. The summed E-state index contributed by atoms with van der Waals surface area (Å²) in [5.41, 5.74) is 2.56. The molecule has 0 saturated heterocycles. The summed E-state index contributed by atoms with van der Waals surface area (Å²) in [6, 6.07) is 9.34. The molecule has 0 unspecified atom stereocenters. The van der Waals surface area contributed by atoms with E-state index < -0.39 is 0 Å². The first-order valence-electron chi connectivity index (χ1n) is 7.53. The maximum Gasteiger partial charge on any atom is 0.258 e. The first-order valence-corrected chi connectivity index (χ1v) is 8.34. The Balaban J connectivity index is 1.63. The molecule has 0 aliphatic carbocycles. The zero-order valence-electron chi connectivity index (χ0n) is 12.7. The van der Waals surface area contributed by atoms with E-state index in [1.54, 1.807) is 17.5 Å². The Bertz CT molecular complexity index is 884. The molecule has 23 heavy (non-hydrogen) atoms. The minimum Gasteiger partial charge on any atom is -0.301 e. The van der Waals surface area contributed by atoms with Crippen molar-refractivity contribution in [3.8, 4) is 0 Å². The highest BCUT2D eigenvalue weighted by Gasteiger charge is 2.20. The van der Waals surface area contributed by atoms with Gasteiger partial charge in [-0.1, -0.05) is 12.1 Å². The molecule has 2 aromatic heterocycles. The van der Waals surface area contributed by atoms with Crippen LogP contribution in [0.25, 0.3) is 10.9 Å². The lowest BCUT2D eigenvalue weighted by molar-refractivity contribution is 0.102. The van der Waals surface area contributed by atoms with E-state index in [9.17, 15) is 4.79 Å². The Morgan fingerprint density at radius 3 is 3.13 bits per heavy atom. The molecular weight excluding hydrogens is 308 g/mol. The fraction of sp³-hybridized carbons (Fsp3) is 0.235. The van der Waals surface area contributed by atoms with Gasteiger partial charge in [0.05, 0.1) is 11.2 Å². The van der Waals surface area contributed by atoms with E-state index in [1.807, 2.05) is 30.3 Å². The number of pyridine rings is 1. The molecule has 5 nitrogen and oxygen atoms in total. The second kappa shape index (κ2) is 5.72. The molecule has 1 aromatic carbocycles. The number of carbonyl (C=O) groups excluding carboxylic acids is 1. The van der Waals surface area contributed by atoms with Gasteiger partial charge in [0.15, 0.2) is 5.13 Å². The predicted molar refractivity (Wildman–Crippen MR) is 91.8 cm³/mol. The molecule has 0 spiro atoms. The molecule has 6 heteroatoms. The summed E-state index contributed by atoms with van der Waals surface area (Å²) in [6.45, 7) is 1.92. The average Bonchev–Trinajstić information content (AvgIpc) is 2.95. The number of benzene rings is 1. The summed E-state index contributed by atoms with van der Waals surface area (Å²) in [5.74, 6) is -0.136. The number of nitrogens with zero attached hydrogens (tertiary/aromatic N) is 3. The topological polar surface area (TPSA) is 58.1 Å². The minimum absolute atomic E-state index is 0.136. The summed E-state index contributed by atoms with van der Waals surface area (Å²) in [4.78, 5) is 25.0. The maximum atomic E-state index is 12.6. The summed E-state index contributed by atoms with van der Waals surface area (Å²) in [6.07, 6.45) is 2.67. The van der Waals surface area contributed by atoms with Crippen LogP contribution in [0.1, 0.15) is 20.9 Å². The van der Waals surface area contributed by atoms with E-state index >= 15 is 0 Å². The molecule has 0 saturated carbocycles. The second-order valence-corrected chi connectivity index (χ2v) is 6.79. The van der Waals surface area contributed by atoms with Gasteiger partial charge in [-0.05, 0) is 25.2 Å². The van der Waals surface area contributed by atoms with Gasteiger partial charge in [-0.3, -0.25) is 15.1 Å². The summed E-state index contributed by atoms with van der Waals surface area (Å²) < 4.78 is 0. The summed E-state index contributed by atoms with van der Waals surface area (Å²) in [5, 5.41) is 4.48. The van der Waals surface area contributed by atoms with Crippen molar-refractivity contribution in [2.45, 2.75) is 13.0 Å². The summed E-state index contributed by atoms with van der Waals surface area (Å²) >= 11 is 1.57. The van der Waals surface area contributed by atoms with Gasteiger partial charge in [-0.2, -0.15) is 0 Å². The molecule has 0 atom stereocenters. The van der Waals surface area contributed by atoms with E-state index in [0.717, 1.165) is 36.1 Å². The van der Waals surface area contributed by atoms with Gasteiger partial charge in [-0.25, -0.2) is 4.98 Å². The molecule has 3 heterocycles. The monoisotopic (exact) mass is 324 g/mol. The zero-order valence-corrected chi connectivity index (χ0v) is 13.6. The van der Waals surface area contributed by atoms with Crippen LogP contribution in [0.15, 0.2) is 36.5 Å². The number of nitrogens with one attached hydrogen (secondary N) is 1. The first kappa shape index (κ1) is 14.3.